The Morgan fingerprint density at radius 3 is 2.82 bits per heavy atom. The second-order valence-electron chi connectivity index (χ2n) is 1.89. The van der Waals surface area contributed by atoms with E-state index in [1.54, 1.807) is 24.4 Å². The van der Waals surface area contributed by atoms with E-state index in [4.69, 9.17) is 0 Å². The van der Waals surface area contributed by atoms with E-state index in [1.165, 1.54) is 0 Å². The summed E-state index contributed by atoms with van der Waals surface area (Å²) in [5.74, 6) is 0. The van der Waals surface area contributed by atoms with Crippen molar-refractivity contribution in [2.75, 3.05) is 0 Å². The van der Waals surface area contributed by atoms with E-state index >= 15 is 0 Å². The highest BCUT2D eigenvalue weighted by Crippen LogP contribution is 1.89. The number of hydrogen-bond donors (Lipinski definition) is 1. The maximum atomic E-state index is 3.92. The minimum absolute atomic E-state index is 0. The van der Waals surface area contributed by atoms with Gasteiger partial charge in [0.15, 0.2) is 0 Å². The summed E-state index contributed by atoms with van der Waals surface area (Å²) >= 11 is 0. The normalized spacial score (nSPS) is 11.5. The van der Waals surface area contributed by atoms with E-state index in [-0.39, 0.29) is 1.43 Å². The molecule has 0 saturated carbocycles. The lowest BCUT2D eigenvalue weighted by molar-refractivity contribution is 0.918. The summed E-state index contributed by atoms with van der Waals surface area (Å²) in [5.41, 5.74) is 3.66. The fourth-order valence-corrected chi connectivity index (χ4v) is 0.489. The number of allylic oxidation sites excluding steroid dienone is 3. The maximum Gasteiger partial charge on any atom is 0.0555 e. The van der Waals surface area contributed by atoms with Gasteiger partial charge in [-0.2, -0.15) is 5.10 Å². The molecule has 62 valence electrons. The van der Waals surface area contributed by atoms with Crippen molar-refractivity contribution < 1.29 is 1.43 Å². The Balaban J connectivity index is 0. The van der Waals surface area contributed by atoms with Gasteiger partial charge in [0.05, 0.1) is 5.70 Å². The van der Waals surface area contributed by atoms with Gasteiger partial charge in [-0.15, -0.1) is 0 Å². The van der Waals surface area contributed by atoms with E-state index in [0.717, 1.165) is 12.1 Å². The van der Waals surface area contributed by atoms with Crippen LogP contribution >= 0.6 is 0 Å². The van der Waals surface area contributed by atoms with Crippen LogP contribution in [-0.2, 0) is 0 Å². The third-order valence-electron chi connectivity index (χ3n) is 0.985. The van der Waals surface area contributed by atoms with Crippen LogP contribution in [0.1, 0.15) is 14.8 Å². The summed E-state index contributed by atoms with van der Waals surface area (Å²) in [4.78, 5) is 0. The fraction of sp³-hybridized carbons (Fsp3) is 0.222. The highest BCUT2D eigenvalue weighted by molar-refractivity contribution is 5.56. The van der Waals surface area contributed by atoms with Crippen LogP contribution in [0.2, 0.25) is 0 Å². The molecule has 2 nitrogen and oxygen atoms in total. The van der Waals surface area contributed by atoms with Crippen LogP contribution in [0.3, 0.4) is 0 Å². The van der Waals surface area contributed by atoms with Crippen LogP contribution in [0.4, 0.5) is 0 Å². The standard InChI is InChI=1S/C9H14N2.H2/c1-4-7-9(6-3)11-10-8-5-2;/h4,6-8,11H,1,3,5H2,2H3;1H/b9-7+,10-8+;. The Morgan fingerprint density at radius 2 is 2.36 bits per heavy atom. The fourth-order valence-electron chi connectivity index (χ4n) is 0.489. The van der Waals surface area contributed by atoms with Gasteiger partial charge >= 0.3 is 0 Å². The summed E-state index contributed by atoms with van der Waals surface area (Å²) < 4.78 is 0. The summed E-state index contributed by atoms with van der Waals surface area (Å²) in [5, 5.41) is 3.92. The lowest BCUT2D eigenvalue weighted by Gasteiger charge is -1.96. The summed E-state index contributed by atoms with van der Waals surface area (Å²) in [6, 6.07) is 0. The molecule has 0 aliphatic rings. The Bertz CT molecular complexity index is 183. The molecule has 0 saturated heterocycles. The first kappa shape index (κ1) is 9.69. The Kier molecular flexibility index (Phi) is 5.99. The van der Waals surface area contributed by atoms with Crippen LogP contribution in [0.15, 0.2) is 42.2 Å². The molecule has 0 fully saturated rings. The average molecular weight is 152 g/mol. The molecule has 0 atom stereocenters. The largest absolute Gasteiger partial charge is 0.279 e. The smallest absolute Gasteiger partial charge is 0.0555 e. The zero-order valence-corrected chi connectivity index (χ0v) is 6.88. The second kappa shape index (κ2) is 6.81. The third-order valence-corrected chi connectivity index (χ3v) is 0.985. The first-order valence-electron chi connectivity index (χ1n) is 3.57. The summed E-state index contributed by atoms with van der Waals surface area (Å²) in [7, 11) is 0. The summed E-state index contributed by atoms with van der Waals surface area (Å²) in [6.07, 6.45) is 7.89. The van der Waals surface area contributed by atoms with Crippen molar-refractivity contribution in [2.24, 2.45) is 5.10 Å². The van der Waals surface area contributed by atoms with Crippen LogP contribution in [0.5, 0.6) is 0 Å². The lowest BCUT2D eigenvalue weighted by atomic mass is 10.4. The van der Waals surface area contributed by atoms with Gasteiger partial charge in [0.1, 0.15) is 0 Å². The van der Waals surface area contributed by atoms with E-state index in [2.05, 4.69) is 23.7 Å². The van der Waals surface area contributed by atoms with Crippen LogP contribution in [-0.4, -0.2) is 6.21 Å². The van der Waals surface area contributed by atoms with Crippen LogP contribution < -0.4 is 5.43 Å². The number of nitrogens with one attached hydrogen (secondary N) is 1. The lowest BCUT2D eigenvalue weighted by Crippen LogP contribution is -2.01. The zero-order valence-electron chi connectivity index (χ0n) is 6.88. The zero-order chi connectivity index (χ0) is 8.53. The Labute approximate surface area is 69.5 Å². The number of hydrogen-bond acceptors (Lipinski definition) is 2. The first-order chi connectivity index (χ1) is 5.35. The predicted molar refractivity (Wildman–Crippen MR) is 52.5 cm³/mol. The van der Waals surface area contributed by atoms with Crippen molar-refractivity contribution in [1.29, 1.82) is 0 Å². The van der Waals surface area contributed by atoms with E-state index < -0.39 is 0 Å². The Morgan fingerprint density at radius 1 is 1.64 bits per heavy atom. The van der Waals surface area contributed by atoms with Gasteiger partial charge in [-0.3, -0.25) is 5.43 Å². The topological polar surface area (TPSA) is 24.4 Å². The molecule has 0 heterocycles. The van der Waals surface area contributed by atoms with E-state index in [0.29, 0.717) is 0 Å². The molecular weight excluding hydrogens is 136 g/mol. The molecule has 0 spiro atoms. The number of hydrazone groups is 1. The van der Waals surface area contributed by atoms with Gasteiger partial charge in [-0.05, 0) is 18.6 Å². The molecular formula is C9H16N2. The van der Waals surface area contributed by atoms with Crippen molar-refractivity contribution in [1.82, 2.24) is 5.43 Å². The molecule has 0 rings (SSSR count). The monoisotopic (exact) mass is 152 g/mol. The van der Waals surface area contributed by atoms with E-state index in [9.17, 15) is 0 Å². The van der Waals surface area contributed by atoms with Gasteiger partial charge in [-0.25, -0.2) is 0 Å². The number of nitrogens with zero attached hydrogens (tertiary/aromatic N) is 1. The molecule has 1 N–H and O–H groups in total. The predicted octanol–water partition coefficient (Wildman–Crippen LogP) is 2.47. The Hall–Kier alpha value is -1.31. The van der Waals surface area contributed by atoms with Gasteiger partial charge < -0.3 is 0 Å². The molecule has 0 aromatic heterocycles. The van der Waals surface area contributed by atoms with Crippen LogP contribution in [0.25, 0.3) is 0 Å². The second-order valence-corrected chi connectivity index (χ2v) is 1.89. The van der Waals surface area contributed by atoms with Crippen molar-refractivity contribution in [3.05, 3.63) is 37.1 Å². The van der Waals surface area contributed by atoms with Crippen LogP contribution in [0, 0.1) is 0 Å². The molecule has 0 amide bonds. The summed E-state index contributed by atoms with van der Waals surface area (Å²) in [6.45, 7) is 9.19. The van der Waals surface area contributed by atoms with Gasteiger partial charge in [0, 0.05) is 7.64 Å². The molecule has 11 heavy (non-hydrogen) atoms. The SMILES string of the molecule is C=C/C=C(\C=C)N/N=C/CC.[HH]. The molecule has 0 bridgehead atoms. The van der Waals surface area contributed by atoms with Crippen molar-refractivity contribution in [2.45, 2.75) is 13.3 Å². The van der Waals surface area contributed by atoms with Crippen molar-refractivity contribution >= 4 is 6.21 Å². The molecule has 0 aliphatic carbocycles. The highest BCUT2D eigenvalue weighted by atomic mass is 15.3. The number of rotatable bonds is 5. The molecule has 0 radical (unpaired) electrons. The molecule has 0 aromatic carbocycles. The van der Waals surface area contributed by atoms with Crippen molar-refractivity contribution in [3.8, 4) is 0 Å². The van der Waals surface area contributed by atoms with Gasteiger partial charge in [0.2, 0.25) is 0 Å². The highest BCUT2D eigenvalue weighted by Gasteiger charge is 1.81. The maximum absolute atomic E-state index is 3.92. The van der Waals surface area contributed by atoms with Gasteiger partial charge in [-0.1, -0.05) is 26.2 Å². The minimum atomic E-state index is 0. The third kappa shape index (κ3) is 5.15. The molecule has 2 heteroatoms. The first-order valence-corrected chi connectivity index (χ1v) is 3.57. The molecule has 0 aliphatic heterocycles. The van der Waals surface area contributed by atoms with Gasteiger partial charge in [0.25, 0.3) is 0 Å². The van der Waals surface area contributed by atoms with Crippen molar-refractivity contribution in [3.63, 3.8) is 0 Å². The minimum Gasteiger partial charge on any atom is -0.279 e. The quantitative estimate of drug-likeness (QED) is 0.365. The van der Waals surface area contributed by atoms with E-state index in [1.807, 2.05) is 6.92 Å². The molecule has 0 unspecified atom stereocenters. The molecule has 0 aromatic rings. The average Bonchev–Trinajstić information content (AvgIpc) is 2.03.